The second-order valence-electron chi connectivity index (χ2n) is 5.06. The van der Waals surface area contributed by atoms with Gasteiger partial charge in [0.05, 0.1) is 0 Å². The zero-order valence-corrected chi connectivity index (χ0v) is 9.78. The molecule has 0 aliphatic carbocycles. The molecule has 1 aromatic carbocycles. The van der Waals surface area contributed by atoms with Crippen LogP contribution in [0.3, 0.4) is 0 Å². The number of furan rings is 1. The van der Waals surface area contributed by atoms with Gasteiger partial charge < -0.3 is 19.4 Å². The van der Waals surface area contributed by atoms with Crippen LogP contribution < -0.4 is 4.74 Å². The Bertz CT molecular complexity index is 595. The maximum atomic E-state index is 10.1. The van der Waals surface area contributed by atoms with Crippen LogP contribution in [0.25, 0.3) is 11.0 Å². The highest BCUT2D eigenvalue weighted by atomic mass is 16.5. The van der Waals surface area contributed by atoms with E-state index in [1.807, 2.05) is 13.8 Å². The highest BCUT2D eigenvalue weighted by molar-refractivity contribution is 5.92. The summed E-state index contributed by atoms with van der Waals surface area (Å²) in [6, 6.07) is 1.73. The summed E-state index contributed by atoms with van der Waals surface area (Å²) < 4.78 is 11.0. The lowest BCUT2D eigenvalue weighted by molar-refractivity contribution is 0.0839. The molecule has 2 aromatic rings. The first kappa shape index (κ1) is 10.3. The molecule has 0 unspecified atom stereocenters. The SMILES string of the molecule is CC1(C)CCc2c(cc3occ(O)c3c2O)O1. The van der Waals surface area contributed by atoms with E-state index < -0.39 is 0 Å². The number of hydrogen-bond donors (Lipinski definition) is 2. The molecule has 0 amide bonds. The van der Waals surface area contributed by atoms with E-state index in [-0.39, 0.29) is 17.1 Å². The largest absolute Gasteiger partial charge is 0.507 e. The lowest BCUT2D eigenvalue weighted by atomic mass is 9.93. The molecule has 0 fully saturated rings. The van der Waals surface area contributed by atoms with Crippen LogP contribution in [0.4, 0.5) is 0 Å². The van der Waals surface area contributed by atoms with Gasteiger partial charge in [-0.1, -0.05) is 0 Å². The van der Waals surface area contributed by atoms with Crippen molar-refractivity contribution in [1.82, 2.24) is 0 Å². The van der Waals surface area contributed by atoms with Crippen molar-refractivity contribution in [2.45, 2.75) is 32.3 Å². The van der Waals surface area contributed by atoms with Crippen molar-refractivity contribution in [3.63, 3.8) is 0 Å². The lowest BCUT2D eigenvalue weighted by Gasteiger charge is -2.32. The van der Waals surface area contributed by atoms with Crippen molar-refractivity contribution in [1.29, 1.82) is 0 Å². The zero-order chi connectivity index (χ0) is 12.2. The van der Waals surface area contributed by atoms with Gasteiger partial charge in [-0.15, -0.1) is 0 Å². The molecular weight excluding hydrogens is 220 g/mol. The molecule has 0 bridgehead atoms. The van der Waals surface area contributed by atoms with Gasteiger partial charge in [0, 0.05) is 11.6 Å². The molecule has 90 valence electrons. The molecule has 4 heteroatoms. The first-order valence-corrected chi connectivity index (χ1v) is 5.62. The number of fused-ring (bicyclic) bond motifs is 2. The van der Waals surface area contributed by atoms with Crippen LogP contribution in [0.1, 0.15) is 25.8 Å². The Hall–Kier alpha value is -1.84. The third-order valence-electron chi connectivity index (χ3n) is 3.25. The summed E-state index contributed by atoms with van der Waals surface area (Å²) in [7, 11) is 0. The van der Waals surface area contributed by atoms with Crippen molar-refractivity contribution in [3.05, 3.63) is 17.9 Å². The fourth-order valence-electron chi connectivity index (χ4n) is 2.29. The number of hydrogen-bond acceptors (Lipinski definition) is 4. The van der Waals surface area contributed by atoms with E-state index in [1.165, 1.54) is 6.26 Å². The van der Waals surface area contributed by atoms with Gasteiger partial charge in [0.2, 0.25) is 0 Å². The Kier molecular flexibility index (Phi) is 1.88. The summed E-state index contributed by atoms with van der Waals surface area (Å²) >= 11 is 0. The second kappa shape index (κ2) is 3.09. The topological polar surface area (TPSA) is 62.8 Å². The molecule has 2 heterocycles. The van der Waals surface area contributed by atoms with Crippen molar-refractivity contribution in [2.75, 3.05) is 0 Å². The van der Waals surface area contributed by atoms with E-state index in [0.717, 1.165) is 18.4 Å². The summed E-state index contributed by atoms with van der Waals surface area (Å²) in [5.74, 6) is 0.671. The fraction of sp³-hybridized carbons (Fsp3) is 0.385. The summed E-state index contributed by atoms with van der Waals surface area (Å²) in [6.07, 6.45) is 2.79. The fourth-order valence-corrected chi connectivity index (χ4v) is 2.29. The first-order valence-electron chi connectivity index (χ1n) is 5.62. The minimum absolute atomic E-state index is 0.0369. The Labute approximate surface area is 98.4 Å². The zero-order valence-electron chi connectivity index (χ0n) is 9.78. The molecular formula is C13H14O4. The van der Waals surface area contributed by atoms with E-state index in [1.54, 1.807) is 6.07 Å². The summed E-state index contributed by atoms with van der Waals surface area (Å²) in [6.45, 7) is 4.02. The average Bonchev–Trinajstić information content (AvgIpc) is 2.58. The summed E-state index contributed by atoms with van der Waals surface area (Å²) in [5.41, 5.74) is 0.951. The molecule has 1 aromatic heterocycles. The monoisotopic (exact) mass is 234 g/mol. The van der Waals surface area contributed by atoms with E-state index >= 15 is 0 Å². The van der Waals surface area contributed by atoms with Gasteiger partial charge in [-0.3, -0.25) is 0 Å². The lowest BCUT2D eigenvalue weighted by Crippen LogP contribution is -2.32. The Morgan fingerprint density at radius 2 is 2.06 bits per heavy atom. The maximum Gasteiger partial charge on any atom is 0.165 e. The standard InChI is InChI=1S/C13H14O4/c1-13(2)4-3-7-9(17-13)5-10-11(12(7)15)8(14)6-16-10/h5-6,14-15H,3-4H2,1-2H3. The van der Waals surface area contributed by atoms with Crippen LogP contribution in [0.5, 0.6) is 17.2 Å². The quantitative estimate of drug-likeness (QED) is 0.735. The molecule has 17 heavy (non-hydrogen) atoms. The number of ether oxygens (including phenoxy) is 1. The van der Waals surface area contributed by atoms with Gasteiger partial charge in [0.25, 0.3) is 0 Å². The predicted molar refractivity (Wildman–Crippen MR) is 62.6 cm³/mol. The van der Waals surface area contributed by atoms with Gasteiger partial charge in [0.1, 0.15) is 34.3 Å². The van der Waals surface area contributed by atoms with Crippen molar-refractivity contribution in [3.8, 4) is 17.2 Å². The highest BCUT2D eigenvalue weighted by Gasteiger charge is 2.30. The van der Waals surface area contributed by atoms with Crippen LogP contribution in [0.15, 0.2) is 16.7 Å². The number of phenolic OH excluding ortho intramolecular Hbond substituents is 1. The molecule has 0 radical (unpaired) electrons. The van der Waals surface area contributed by atoms with Crippen LogP contribution in [0.2, 0.25) is 0 Å². The molecule has 0 saturated carbocycles. The maximum absolute atomic E-state index is 10.1. The van der Waals surface area contributed by atoms with Crippen molar-refractivity contribution >= 4 is 11.0 Å². The smallest absolute Gasteiger partial charge is 0.165 e. The van der Waals surface area contributed by atoms with Gasteiger partial charge in [0.15, 0.2) is 5.75 Å². The van der Waals surface area contributed by atoms with Crippen LogP contribution in [-0.2, 0) is 6.42 Å². The first-order chi connectivity index (χ1) is 7.98. The van der Waals surface area contributed by atoms with Crippen molar-refractivity contribution < 1.29 is 19.4 Å². The summed E-state index contributed by atoms with van der Waals surface area (Å²) in [4.78, 5) is 0. The van der Waals surface area contributed by atoms with E-state index in [0.29, 0.717) is 16.7 Å². The number of benzene rings is 1. The van der Waals surface area contributed by atoms with Gasteiger partial charge in [-0.25, -0.2) is 0 Å². The van der Waals surface area contributed by atoms with Crippen molar-refractivity contribution in [2.24, 2.45) is 0 Å². The van der Waals surface area contributed by atoms with Crippen LogP contribution in [-0.4, -0.2) is 15.8 Å². The molecule has 0 saturated heterocycles. The number of aromatic hydroxyl groups is 2. The van der Waals surface area contributed by atoms with Crippen LogP contribution >= 0.6 is 0 Å². The number of rotatable bonds is 0. The molecule has 0 spiro atoms. The molecule has 3 rings (SSSR count). The van der Waals surface area contributed by atoms with E-state index in [4.69, 9.17) is 9.15 Å². The normalized spacial score (nSPS) is 17.8. The minimum Gasteiger partial charge on any atom is -0.507 e. The Morgan fingerprint density at radius 3 is 2.82 bits per heavy atom. The summed E-state index contributed by atoms with van der Waals surface area (Å²) in [5, 5.41) is 20.1. The second-order valence-corrected chi connectivity index (χ2v) is 5.06. The van der Waals surface area contributed by atoms with Gasteiger partial charge in [-0.2, -0.15) is 0 Å². The van der Waals surface area contributed by atoms with Crippen LogP contribution in [0, 0.1) is 0 Å². The minimum atomic E-state index is -0.234. The van der Waals surface area contributed by atoms with Gasteiger partial charge >= 0.3 is 0 Å². The average molecular weight is 234 g/mol. The third kappa shape index (κ3) is 1.44. The molecule has 1 aliphatic heterocycles. The molecule has 0 atom stereocenters. The third-order valence-corrected chi connectivity index (χ3v) is 3.25. The Morgan fingerprint density at radius 1 is 1.29 bits per heavy atom. The highest BCUT2D eigenvalue weighted by Crippen LogP contribution is 2.45. The number of phenols is 1. The molecule has 2 N–H and O–H groups in total. The van der Waals surface area contributed by atoms with E-state index in [2.05, 4.69) is 0 Å². The molecule has 1 aliphatic rings. The predicted octanol–water partition coefficient (Wildman–Crippen LogP) is 2.95. The van der Waals surface area contributed by atoms with E-state index in [9.17, 15) is 10.2 Å². The van der Waals surface area contributed by atoms with Gasteiger partial charge in [-0.05, 0) is 26.7 Å². The Balaban J connectivity index is 2.27. The molecule has 4 nitrogen and oxygen atoms in total.